The molecular formula is C17H26N2O4. The number of carbonyl (C=O) groups is 2. The summed E-state index contributed by atoms with van der Waals surface area (Å²) in [6.07, 6.45) is -0.671. The maximum absolute atomic E-state index is 12.1. The van der Waals surface area contributed by atoms with Crippen molar-refractivity contribution in [1.82, 2.24) is 10.6 Å². The van der Waals surface area contributed by atoms with Gasteiger partial charge in [-0.1, -0.05) is 30.3 Å². The second-order valence-electron chi connectivity index (χ2n) is 6.75. The molecule has 0 aliphatic carbocycles. The molecule has 6 nitrogen and oxygen atoms in total. The average Bonchev–Trinajstić information content (AvgIpc) is 2.43. The van der Waals surface area contributed by atoms with Crippen molar-refractivity contribution in [3.05, 3.63) is 35.9 Å². The van der Waals surface area contributed by atoms with Crippen LogP contribution in [-0.2, 0) is 16.0 Å². The van der Waals surface area contributed by atoms with Crippen LogP contribution in [0.1, 0.15) is 33.3 Å². The van der Waals surface area contributed by atoms with Gasteiger partial charge in [-0.05, 0) is 39.7 Å². The van der Waals surface area contributed by atoms with Gasteiger partial charge in [0.2, 0.25) is 6.41 Å². The van der Waals surface area contributed by atoms with Crippen LogP contribution in [0.15, 0.2) is 30.3 Å². The van der Waals surface area contributed by atoms with Crippen LogP contribution in [0.4, 0.5) is 4.79 Å². The SMILES string of the molecule is CC(C)(C)OC(=O)NC(C)(Cc1ccccc1)C(O)CNC=O. The highest BCUT2D eigenvalue weighted by molar-refractivity contribution is 5.69. The molecule has 0 spiro atoms. The van der Waals surface area contributed by atoms with Crippen molar-refractivity contribution in [2.45, 2.75) is 51.4 Å². The summed E-state index contributed by atoms with van der Waals surface area (Å²) in [5.74, 6) is 0. The second kappa shape index (κ2) is 7.97. The van der Waals surface area contributed by atoms with E-state index in [1.54, 1.807) is 27.7 Å². The number of amides is 2. The Morgan fingerprint density at radius 3 is 2.39 bits per heavy atom. The lowest BCUT2D eigenvalue weighted by Gasteiger charge is -2.36. The van der Waals surface area contributed by atoms with Gasteiger partial charge in [-0.15, -0.1) is 0 Å². The van der Waals surface area contributed by atoms with E-state index in [2.05, 4.69) is 10.6 Å². The maximum Gasteiger partial charge on any atom is 0.408 e. The van der Waals surface area contributed by atoms with Gasteiger partial charge in [0.25, 0.3) is 0 Å². The Bertz CT molecular complexity index is 513. The van der Waals surface area contributed by atoms with Gasteiger partial charge in [-0.3, -0.25) is 4.79 Å². The van der Waals surface area contributed by atoms with E-state index in [0.717, 1.165) is 5.56 Å². The molecular weight excluding hydrogens is 296 g/mol. The molecule has 0 fully saturated rings. The van der Waals surface area contributed by atoms with E-state index in [4.69, 9.17) is 4.74 Å². The van der Waals surface area contributed by atoms with Crippen molar-refractivity contribution < 1.29 is 19.4 Å². The van der Waals surface area contributed by atoms with Crippen molar-refractivity contribution >= 4 is 12.5 Å². The van der Waals surface area contributed by atoms with Crippen LogP contribution >= 0.6 is 0 Å². The van der Waals surface area contributed by atoms with Crippen molar-refractivity contribution in [1.29, 1.82) is 0 Å². The lowest BCUT2D eigenvalue weighted by Crippen LogP contribution is -2.59. The van der Waals surface area contributed by atoms with E-state index < -0.39 is 23.3 Å². The van der Waals surface area contributed by atoms with Gasteiger partial charge >= 0.3 is 6.09 Å². The predicted octanol–water partition coefficient (Wildman–Crippen LogP) is 1.62. The molecule has 0 bridgehead atoms. The molecule has 0 saturated heterocycles. The van der Waals surface area contributed by atoms with Crippen LogP contribution in [0.25, 0.3) is 0 Å². The monoisotopic (exact) mass is 322 g/mol. The third-order valence-corrected chi connectivity index (χ3v) is 3.33. The summed E-state index contributed by atoms with van der Waals surface area (Å²) >= 11 is 0. The zero-order valence-corrected chi connectivity index (χ0v) is 14.1. The van der Waals surface area contributed by atoms with Gasteiger partial charge in [0.1, 0.15) is 5.60 Å². The molecule has 23 heavy (non-hydrogen) atoms. The molecule has 3 N–H and O–H groups in total. The minimum absolute atomic E-state index is 0.0304. The highest BCUT2D eigenvalue weighted by Gasteiger charge is 2.36. The Balaban J connectivity index is 2.91. The fraction of sp³-hybridized carbons (Fsp3) is 0.529. The fourth-order valence-electron chi connectivity index (χ4n) is 2.19. The number of aliphatic hydroxyl groups excluding tert-OH is 1. The topological polar surface area (TPSA) is 87.7 Å². The number of ether oxygens (including phenoxy) is 1. The Morgan fingerprint density at radius 1 is 1.26 bits per heavy atom. The molecule has 1 aromatic rings. The number of hydrogen-bond acceptors (Lipinski definition) is 4. The number of aliphatic hydroxyl groups is 1. The first-order valence-electron chi connectivity index (χ1n) is 7.56. The molecule has 0 aromatic heterocycles. The molecule has 0 radical (unpaired) electrons. The quantitative estimate of drug-likeness (QED) is 0.666. The summed E-state index contributed by atoms with van der Waals surface area (Å²) in [4.78, 5) is 22.6. The van der Waals surface area contributed by atoms with Crippen LogP contribution < -0.4 is 10.6 Å². The van der Waals surface area contributed by atoms with Crippen molar-refractivity contribution in [2.24, 2.45) is 0 Å². The summed E-state index contributed by atoms with van der Waals surface area (Å²) in [5, 5.41) is 15.6. The molecule has 2 atom stereocenters. The first-order valence-corrected chi connectivity index (χ1v) is 7.56. The van der Waals surface area contributed by atoms with Crippen LogP contribution in [0.2, 0.25) is 0 Å². The summed E-state index contributed by atoms with van der Waals surface area (Å²) in [6.45, 7) is 7.06. The second-order valence-corrected chi connectivity index (χ2v) is 6.75. The first kappa shape index (κ1) is 19.0. The molecule has 0 heterocycles. The number of carbonyl (C=O) groups excluding carboxylic acids is 2. The number of alkyl carbamates (subject to hydrolysis) is 1. The van der Waals surface area contributed by atoms with Gasteiger partial charge in [0.05, 0.1) is 11.6 Å². The van der Waals surface area contributed by atoms with E-state index in [-0.39, 0.29) is 6.54 Å². The van der Waals surface area contributed by atoms with Crippen molar-refractivity contribution in [3.8, 4) is 0 Å². The predicted molar refractivity (Wildman–Crippen MR) is 88.0 cm³/mol. The minimum Gasteiger partial charge on any atom is -0.444 e. The van der Waals surface area contributed by atoms with E-state index in [1.165, 1.54) is 0 Å². The normalized spacial score (nSPS) is 15.2. The summed E-state index contributed by atoms with van der Waals surface area (Å²) in [5.41, 5.74) is -0.667. The molecule has 128 valence electrons. The Kier molecular flexibility index (Phi) is 6.57. The standard InChI is InChI=1S/C17H26N2O4/c1-16(2,3)23-15(22)19-17(4,14(21)11-18-12-20)10-13-8-6-5-7-9-13/h5-9,12,14,21H,10-11H2,1-4H3,(H,18,20)(H,19,22). The molecule has 2 amide bonds. The highest BCUT2D eigenvalue weighted by atomic mass is 16.6. The lowest BCUT2D eigenvalue weighted by atomic mass is 9.87. The van der Waals surface area contributed by atoms with Gasteiger partial charge in [-0.25, -0.2) is 4.79 Å². The Labute approximate surface area is 137 Å². The molecule has 1 aromatic carbocycles. The van der Waals surface area contributed by atoms with E-state index in [1.807, 2.05) is 30.3 Å². The number of benzene rings is 1. The summed E-state index contributed by atoms with van der Waals surface area (Å²) in [7, 11) is 0. The number of nitrogens with one attached hydrogen (secondary N) is 2. The molecule has 0 aliphatic rings. The molecule has 0 aliphatic heterocycles. The molecule has 0 saturated carbocycles. The van der Waals surface area contributed by atoms with Crippen LogP contribution in [0.5, 0.6) is 0 Å². The van der Waals surface area contributed by atoms with Crippen LogP contribution in [0.3, 0.4) is 0 Å². The zero-order chi connectivity index (χ0) is 17.5. The van der Waals surface area contributed by atoms with E-state index >= 15 is 0 Å². The van der Waals surface area contributed by atoms with Crippen LogP contribution in [-0.4, -0.2) is 41.4 Å². The van der Waals surface area contributed by atoms with Crippen molar-refractivity contribution in [3.63, 3.8) is 0 Å². The number of rotatable bonds is 7. The third-order valence-electron chi connectivity index (χ3n) is 3.33. The van der Waals surface area contributed by atoms with Crippen molar-refractivity contribution in [2.75, 3.05) is 6.54 Å². The van der Waals surface area contributed by atoms with Gasteiger partial charge in [0, 0.05) is 6.54 Å². The Morgan fingerprint density at radius 2 is 1.87 bits per heavy atom. The summed E-state index contributed by atoms with van der Waals surface area (Å²) in [6, 6.07) is 9.49. The Hall–Kier alpha value is -2.08. The third kappa shape index (κ3) is 6.69. The largest absolute Gasteiger partial charge is 0.444 e. The summed E-state index contributed by atoms with van der Waals surface area (Å²) < 4.78 is 5.27. The van der Waals surface area contributed by atoms with Gasteiger partial charge < -0.3 is 20.5 Å². The maximum atomic E-state index is 12.1. The average molecular weight is 322 g/mol. The number of hydrogen-bond donors (Lipinski definition) is 3. The minimum atomic E-state index is -0.986. The fourth-order valence-corrected chi connectivity index (χ4v) is 2.19. The highest BCUT2D eigenvalue weighted by Crippen LogP contribution is 2.19. The van der Waals surface area contributed by atoms with E-state index in [9.17, 15) is 14.7 Å². The first-order chi connectivity index (χ1) is 10.7. The molecule has 1 rings (SSSR count). The van der Waals surface area contributed by atoms with Gasteiger partial charge in [-0.2, -0.15) is 0 Å². The van der Waals surface area contributed by atoms with Gasteiger partial charge in [0.15, 0.2) is 0 Å². The smallest absolute Gasteiger partial charge is 0.408 e. The molecule has 2 unspecified atom stereocenters. The zero-order valence-electron chi connectivity index (χ0n) is 14.1. The van der Waals surface area contributed by atoms with E-state index in [0.29, 0.717) is 12.8 Å². The van der Waals surface area contributed by atoms with Crippen LogP contribution in [0, 0.1) is 0 Å². The molecule has 6 heteroatoms. The lowest BCUT2D eigenvalue weighted by molar-refractivity contribution is -0.110.